The molecule has 24 heavy (non-hydrogen) atoms. The predicted octanol–water partition coefficient (Wildman–Crippen LogP) is 1.72. The summed E-state index contributed by atoms with van der Waals surface area (Å²) in [6, 6.07) is 6.71. The van der Waals surface area contributed by atoms with Crippen LogP contribution in [-0.2, 0) is 9.59 Å². The molecule has 0 radical (unpaired) electrons. The number of nitriles is 1. The summed E-state index contributed by atoms with van der Waals surface area (Å²) >= 11 is 0. The first kappa shape index (κ1) is 16.8. The van der Waals surface area contributed by atoms with Crippen molar-refractivity contribution in [2.75, 3.05) is 0 Å². The van der Waals surface area contributed by atoms with Crippen molar-refractivity contribution >= 4 is 23.3 Å². The highest BCUT2D eigenvalue weighted by atomic mass is 16.6. The molecule has 0 saturated carbocycles. The molecule has 2 N–H and O–H groups in total. The lowest BCUT2D eigenvalue weighted by atomic mass is 9.75. The van der Waals surface area contributed by atoms with Gasteiger partial charge in [-0.25, -0.2) is 9.79 Å². The Hall–Kier alpha value is -3.54. The fourth-order valence-electron chi connectivity index (χ4n) is 2.69. The van der Waals surface area contributed by atoms with E-state index in [1.54, 1.807) is 6.07 Å². The third-order valence-corrected chi connectivity index (χ3v) is 3.67. The minimum absolute atomic E-state index is 0.00643. The van der Waals surface area contributed by atoms with Crippen LogP contribution in [0.25, 0.3) is 0 Å². The summed E-state index contributed by atoms with van der Waals surface area (Å²) in [6.45, 7) is 1.35. The maximum Gasteiger partial charge on any atom is 0.334 e. The molecular formula is C15H11N3O6. The third kappa shape index (κ3) is 2.85. The van der Waals surface area contributed by atoms with Gasteiger partial charge in [0.05, 0.1) is 10.5 Å². The van der Waals surface area contributed by atoms with Gasteiger partial charge in [0.2, 0.25) is 0 Å². The number of hydrogen-bond acceptors (Lipinski definition) is 6. The van der Waals surface area contributed by atoms with Crippen molar-refractivity contribution in [2.45, 2.75) is 12.8 Å². The van der Waals surface area contributed by atoms with Crippen LogP contribution in [-0.4, -0.2) is 32.8 Å². The van der Waals surface area contributed by atoms with Crippen molar-refractivity contribution in [2.24, 2.45) is 10.9 Å². The van der Waals surface area contributed by atoms with Crippen molar-refractivity contribution in [3.63, 3.8) is 0 Å². The van der Waals surface area contributed by atoms with E-state index < -0.39 is 28.7 Å². The van der Waals surface area contributed by atoms with Gasteiger partial charge in [0.25, 0.3) is 5.69 Å². The van der Waals surface area contributed by atoms with E-state index >= 15 is 0 Å². The number of hydrogen-bond donors (Lipinski definition) is 2. The van der Waals surface area contributed by atoms with Crippen LogP contribution in [0.5, 0.6) is 0 Å². The second-order valence-electron chi connectivity index (χ2n) is 5.06. The van der Waals surface area contributed by atoms with Crippen LogP contribution in [0.15, 0.2) is 40.5 Å². The number of non-ortho nitro benzene ring substituents is 1. The van der Waals surface area contributed by atoms with E-state index in [0.29, 0.717) is 0 Å². The van der Waals surface area contributed by atoms with E-state index in [0.717, 1.165) is 6.07 Å². The molecule has 1 aromatic carbocycles. The summed E-state index contributed by atoms with van der Waals surface area (Å²) in [4.78, 5) is 37.3. The number of rotatable bonds is 4. The number of aliphatic carboxylic acids is 2. The largest absolute Gasteiger partial charge is 0.481 e. The third-order valence-electron chi connectivity index (χ3n) is 3.67. The fourth-order valence-corrected chi connectivity index (χ4v) is 2.69. The number of nitrogens with zero attached hydrogens (tertiary/aromatic N) is 3. The van der Waals surface area contributed by atoms with Crippen LogP contribution in [0.3, 0.4) is 0 Å². The number of aliphatic imine (C=N–C) groups is 1. The smallest absolute Gasteiger partial charge is 0.334 e. The summed E-state index contributed by atoms with van der Waals surface area (Å²) in [6.07, 6.45) is 0. The maximum atomic E-state index is 11.6. The minimum atomic E-state index is -1.54. The normalized spacial score (nSPS) is 20.1. The molecule has 2 rings (SSSR count). The van der Waals surface area contributed by atoms with Gasteiger partial charge in [0.1, 0.15) is 17.7 Å². The topological polar surface area (TPSA) is 154 Å². The maximum absolute atomic E-state index is 11.6. The Labute approximate surface area is 135 Å². The summed E-state index contributed by atoms with van der Waals surface area (Å²) in [7, 11) is 0. The van der Waals surface area contributed by atoms with Crippen molar-refractivity contribution in [3.8, 4) is 6.07 Å². The lowest BCUT2D eigenvalue weighted by Gasteiger charge is -2.28. The van der Waals surface area contributed by atoms with Gasteiger partial charge in [-0.1, -0.05) is 12.1 Å². The van der Waals surface area contributed by atoms with Crippen molar-refractivity contribution in [1.82, 2.24) is 0 Å². The zero-order valence-electron chi connectivity index (χ0n) is 12.3. The highest BCUT2D eigenvalue weighted by Gasteiger charge is 2.43. The van der Waals surface area contributed by atoms with Gasteiger partial charge in [0, 0.05) is 23.7 Å². The van der Waals surface area contributed by atoms with Gasteiger partial charge in [0.15, 0.2) is 0 Å². The van der Waals surface area contributed by atoms with Gasteiger partial charge < -0.3 is 10.2 Å². The van der Waals surface area contributed by atoms with Crippen molar-refractivity contribution in [3.05, 3.63) is 51.2 Å². The Morgan fingerprint density at radius 1 is 1.38 bits per heavy atom. The first-order valence-corrected chi connectivity index (χ1v) is 6.67. The molecule has 0 aliphatic carbocycles. The molecule has 0 aromatic heterocycles. The number of carboxylic acids is 2. The molecule has 0 spiro atoms. The van der Waals surface area contributed by atoms with E-state index in [1.807, 2.05) is 0 Å². The molecule has 1 aromatic rings. The Morgan fingerprint density at radius 2 is 2.04 bits per heavy atom. The van der Waals surface area contributed by atoms with E-state index in [-0.39, 0.29) is 28.2 Å². The fraction of sp³-hybridized carbons (Fsp3) is 0.200. The lowest BCUT2D eigenvalue weighted by molar-refractivity contribution is -0.384. The van der Waals surface area contributed by atoms with Gasteiger partial charge in [-0.15, -0.1) is 0 Å². The molecule has 1 heterocycles. The second kappa shape index (κ2) is 6.29. The number of allylic oxidation sites excluding steroid dienone is 1. The van der Waals surface area contributed by atoms with Crippen LogP contribution in [0.4, 0.5) is 5.69 Å². The van der Waals surface area contributed by atoms with E-state index in [9.17, 15) is 29.9 Å². The quantitative estimate of drug-likeness (QED) is 0.629. The predicted molar refractivity (Wildman–Crippen MR) is 80.3 cm³/mol. The monoisotopic (exact) mass is 329 g/mol. The molecule has 1 aliphatic heterocycles. The molecular weight excluding hydrogens is 318 g/mol. The van der Waals surface area contributed by atoms with Crippen molar-refractivity contribution in [1.29, 1.82) is 5.26 Å². The first-order chi connectivity index (χ1) is 11.3. The summed E-state index contributed by atoms with van der Waals surface area (Å²) in [5.74, 6) is -5.62. The van der Waals surface area contributed by atoms with Crippen LogP contribution in [0.1, 0.15) is 18.4 Å². The molecule has 0 amide bonds. The zero-order chi connectivity index (χ0) is 18.0. The highest BCUT2D eigenvalue weighted by Crippen LogP contribution is 2.39. The van der Waals surface area contributed by atoms with E-state index in [1.165, 1.54) is 25.1 Å². The number of nitro groups is 1. The SMILES string of the molecule is CC1=C(C(=O)O)C(c2cccc([N+](=O)[O-])c2)C(C(=O)O)C(C#N)=N1. The summed E-state index contributed by atoms with van der Waals surface area (Å²) in [5.41, 5.74) is -0.840. The first-order valence-electron chi connectivity index (χ1n) is 6.67. The molecule has 1 aliphatic rings. The van der Waals surface area contributed by atoms with Gasteiger partial charge in [-0.05, 0) is 12.5 Å². The van der Waals surface area contributed by atoms with E-state index in [4.69, 9.17) is 5.26 Å². The molecule has 122 valence electrons. The molecule has 9 heteroatoms. The molecule has 2 atom stereocenters. The standard InChI is InChI=1S/C15H11N3O6/c1-7-11(14(19)20)12(13(15(21)22)10(6-16)17-7)8-3-2-4-9(5-8)18(23)24/h2-5,12-13H,1H3,(H,19,20)(H,21,22). The number of nitro benzene ring substituents is 1. The van der Waals surface area contributed by atoms with Gasteiger partial charge in [-0.3, -0.25) is 14.9 Å². The molecule has 2 unspecified atom stereocenters. The summed E-state index contributed by atoms with van der Waals surface area (Å²) in [5, 5.41) is 39.0. The Morgan fingerprint density at radius 3 is 2.54 bits per heavy atom. The van der Waals surface area contributed by atoms with Crippen LogP contribution < -0.4 is 0 Å². The van der Waals surface area contributed by atoms with Crippen LogP contribution >= 0.6 is 0 Å². The average molecular weight is 329 g/mol. The summed E-state index contributed by atoms with van der Waals surface area (Å²) < 4.78 is 0. The number of carboxylic acid groups (broad SMARTS) is 2. The average Bonchev–Trinajstić information content (AvgIpc) is 2.52. The molecule has 0 bridgehead atoms. The molecule has 9 nitrogen and oxygen atoms in total. The minimum Gasteiger partial charge on any atom is -0.481 e. The molecule has 0 fully saturated rings. The second-order valence-corrected chi connectivity index (χ2v) is 5.06. The van der Waals surface area contributed by atoms with Crippen molar-refractivity contribution < 1.29 is 24.7 Å². The number of benzene rings is 1. The van der Waals surface area contributed by atoms with Crippen LogP contribution in [0, 0.1) is 27.4 Å². The van der Waals surface area contributed by atoms with E-state index in [2.05, 4.69) is 4.99 Å². The zero-order valence-corrected chi connectivity index (χ0v) is 12.3. The lowest BCUT2D eigenvalue weighted by Crippen LogP contribution is -2.35. The number of carbonyl (C=O) groups is 2. The highest BCUT2D eigenvalue weighted by molar-refractivity contribution is 6.14. The Balaban J connectivity index is 2.74. The van der Waals surface area contributed by atoms with Gasteiger partial charge in [-0.2, -0.15) is 5.26 Å². The molecule has 0 saturated heterocycles. The Kier molecular flexibility index (Phi) is 4.41. The Bertz CT molecular complexity index is 849. The van der Waals surface area contributed by atoms with Crippen LogP contribution in [0.2, 0.25) is 0 Å². The van der Waals surface area contributed by atoms with Gasteiger partial charge >= 0.3 is 11.9 Å².